The summed E-state index contributed by atoms with van der Waals surface area (Å²) < 4.78 is 1.85. The van der Waals surface area contributed by atoms with Crippen molar-refractivity contribution >= 4 is 5.91 Å². The summed E-state index contributed by atoms with van der Waals surface area (Å²) in [5, 5.41) is 7.70. The number of nitrogens with one attached hydrogen (secondary N) is 1. The Hall–Kier alpha value is -1.36. The number of aromatic nitrogens is 2. The van der Waals surface area contributed by atoms with Gasteiger partial charge in [-0.15, -0.1) is 0 Å². The molecule has 1 amide bonds. The molecule has 118 valence electrons. The molecule has 1 aliphatic heterocycles. The van der Waals surface area contributed by atoms with E-state index in [2.05, 4.69) is 22.2 Å². The Morgan fingerprint density at radius 1 is 1.43 bits per heavy atom. The first-order valence-corrected chi connectivity index (χ1v) is 8.23. The normalized spacial score (nSPS) is 19.0. The lowest BCUT2D eigenvalue weighted by Gasteiger charge is -2.36. The van der Waals surface area contributed by atoms with Crippen LogP contribution in [-0.2, 0) is 13.0 Å². The van der Waals surface area contributed by atoms with Crippen molar-refractivity contribution in [3.63, 3.8) is 0 Å². The summed E-state index contributed by atoms with van der Waals surface area (Å²) in [7, 11) is 1.97. The third kappa shape index (κ3) is 3.64. The van der Waals surface area contributed by atoms with Crippen LogP contribution in [0.3, 0.4) is 0 Å². The van der Waals surface area contributed by atoms with Crippen LogP contribution in [0.4, 0.5) is 0 Å². The van der Waals surface area contributed by atoms with Gasteiger partial charge < -0.3 is 10.2 Å². The molecule has 0 spiro atoms. The van der Waals surface area contributed by atoms with E-state index in [1.165, 1.54) is 6.42 Å². The number of piperidine rings is 1. The number of aryl methyl sites for hydroxylation is 2. The summed E-state index contributed by atoms with van der Waals surface area (Å²) in [4.78, 5) is 15.0. The maximum Gasteiger partial charge on any atom is 0.272 e. The van der Waals surface area contributed by atoms with Crippen LogP contribution in [0.2, 0.25) is 0 Å². The molecular weight excluding hydrogens is 264 g/mol. The molecule has 0 aliphatic carbocycles. The Morgan fingerprint density at radius 2 is 2.24 bits per heavy atom. The number of carbonyl (C=O) groups excluding carboxylic acids is 1. The van der Waals surface area contributed by atoms with Crippen LogP contribution in [0.15, 0.2) is 6.07 Å². The molecule has 2 rings (SSSR count). The number of carbonyl (C=O) groups is 1. The SMILES string of the molecule is CCc1cc(C(=O)N2CCCCC2CCNC)n(CC)n1. The molecule has 1 fully saturated rings. The summed E-state index contributed by atoms with van der Waals surface area (Å²) in [5.74, 6) is 0.157. The van der Waals surface area contributed by atoms with Crippen LogP contribution < -0.4 is 5.32 Å². The van der Waals surface area contributed by atoms with Gasteiger partial charge in [0.05, 0.1) is 5.69 Å². The predicted molar refractivity (Wildman–Crippen MR) is 84.5 cm³/mol. The highest BCUT2D eigenvalue weighted by Crippen LogP contribution is 2.22. The van der Waals surface area contributed by atoms with Gasteiger partial charge in [-0.2, -0.15) is 5.10 Å². The van der Waals surface area contributed by atoms with Gasteiger partial charge in [-0.05, 0) is 58.7 Å². The van der Waals surface area contributed by atoms with Gasteiger partial charge in [0.2, 0.25) is 0 Å². The molecule has 1 unspecified atom stereocenters. The minimum absolute atomic E-state index is 0.157. The summed E-state index contributed by atoms with van der Waals surface area (Å²) in [5.41, 5.74) is 1.76. The second-order valence-corrected chi connectivity index (χ2v) is 5.73. The lowest BCUT2D eigenvalue weighted by molar-refractivity contribution is 0.0590. The van der Waals surface area contributed by atoms with E-state index in [0.717, 1.165) is 56.7 Å². The topological polar surface area (TPSA) is 50.2 Å². The quantitative estimate of drug-likeness (QED) is 0.873. The molecule has 21 heavy (non-hydrogen) atoms. The van der Waals surface area contributed by atoms with Gasteiger partial charge in [0.15, 0.2) is 0 Å². The number of rotatable bonds is 6. The fraction of sp³-hybridized carbons (Fsp3) is 0.750. The maximum absolute atomic E-state index is 12.9. The van der Waals surface area contributed by atoms with Crippen molar-refractivity contribution in [2.75, 3.05) is 20.1 Å². The number of hydrogen-bond acceptors (Lipinski definition) is 3. The molecule has 1 aliphatic rings. The standard InChI is InChI=1S/C16H28N4O/c1-4-13-12-15(20(5-2)18-13)16(21)19-11-7-6-8-14(19)9-10-17-3/h12,14,17H,4-11H2,1-3H3. The molecular formula is C16H28N4O. The van der Waals surface area contributed by atoms with E-state index in [4.69, 9.17) is 0 Å². The monoisotopic (exact) mass is 292 g/mol. The van der Waals surface area contributed by atoms with Gasteiger partial charge in [-0.3, -0.25) is 9.48 Å². The minimum Gasteiger partial charge on any atom is -0.334 e. The predicted octanol–water partition coefficient (Wildman–Crippen LogP) is 2.07. The van der Waals surface area contributed by atoms with Crippen LogP contribution in [0, 0.1) is 0 Å². The molecule has 5 nitrogen and oxygen atoms in total. The van der Waals surface area contributed by atoms with Crippen molar-refractivity contribution in [2.24, 2.45) is 0 Å². The van der Waals surface area contributed by atoms with Crippen LogP contribution in [-0.4, -0.2) is 46.8 Å². The highest BCUT2D eigenvalue weighted by Gasteiger charge is 2.29. The largest absolute Gasteiger partial charge is 0.334 e. The first-order valence-electron chi connectivity index (χ1n) is 8.23. The smallest absolute Gasteiger partial charge is 0.272 e. The summed E-state index contributed by atoms with van der Waals surface area (Å²) in [6.45, 7) is 6.70. The molecule has 0 aromatic carbocycles. The van der Waals surface area contributed by atoms with Crippen LogP contribution in [0.1, 0.15) is 55.7 Å². The molecule has 1 aromatic rings. The number of likely N-dealkylation sites (tertiary alicyclic amines) is 1. The molecule has 1 atom stereocenters. The van der Waals surface area contributed by atoms with Crippen molar-refractivity contribution in [1.82, 2.24) is 20.0 Å². The Morgan fingerprint density at radius 3 is 2.90 bits per heavy atom. The van der Waals surface area contributed by atoms with E-state index < -0.39 is 0 Å². The highest BCUT2D eigenvalue weighted by atomic mass is 16.2. The average molecular weight is 292 g/mol. The Labute approximate surface area is 127 Å². The Balaban J connectivity index is 2.17. The summed E-state index contributed by atoms with van der Waals surface area (Å²) in [6, 6.07) is 2.33. The van der Waals surface area contributed by atoms with Gasteiger partial charge in [0.25, 0.3) is 5.91 Å². The average Bonchev–Trinajstić information content (AvgIpc) is 2.96. The first kappa shape index (κ1) is 16.0. The van der Waals surface area contributed by atoms with E-state index in [-0.39, 0.29) is 5.91 Å². The number of nitrogens with zero attached hydrogens (tertiary/aromatic N) is 3. The van der Waals surface area contributed by atoms with Gasteiger partial charge in [0.1, 0.15) is 5.69 Å². The fourth-order valence-electron chi connectivity index (χ4n) is 3.08. The molecule has 1 saturated heterocycles. The molecule has 2 heterocycles. The van der Waals surface area contributed by atoms with E-state index in [1.54, 1.807) is 0 Å². The van der Waals surface area contributed by atoms with Gasteiger partial charge >= 0.3 is 0 Å². The third-order valence-corrected chi connectivity index (χ3v) is 4.33. The Bertz CT molecular complexity index is 469. The van der Waals surface area contributed by atoms with Crippen molar-refractivity contribution in [3.8, 4) is 0 Å². The fourth-order valence-corrected chi connectivity index (χ4v) is 3.08. The lowest BCUT2D eigenvalue weighted by Crippen LogP contribution is -2.45. The first-order chi connectivity index (χ1) is 10.2. The number of amides is 1. The summed E-state index contributed by atoms with van der Waals surface area (Å²) >= 11 is 0. The van der Waals surface area contributed by atoms with Gasteiger partial charge in [0, 0.05) is 19.1 Å². The summed E-state index contributed by atoms with van der Waals surface area (Å²) in [6.07, 6.45) is 5.36. The number of hydrogen-bond donors (Lipinski definition) is 1. The molecule has 0 radical (unpaired) electrons. The van der Waals surface area contributed by atoms with E-state index in [0.29, 0.717) is 6.04 Å². The minimum atomic E-state index is 0.157. The van der Waals surface area contributed by atoms with E-state index in [9.17, 15) is 4.79 Å². The molecule has 5 heteroatoms. The van der Waals surface area contributed by atoms with Crippen molar-refractivity contribution in [3.05, 3.63) is 17.5 Å². The molecule has 0 bridgehead atoms. The van der Waals surface area contributed by atoms with E-state index in [1.807, 2.05) is 24.7 Å². The van der Waals surface area contributed by atoms with Crippen LogP contribution in [0.5, 0.6) is 0 Å². The van der Waals surface area contributed by atoms with Crippen LogP contribution in [0.25, 0.3) is 0 Å². The zero-order valence-corrected chi connectivity index (χ0v) is 13.6. The highest BCUT2D eigenvalue weighted by molar-refractivity contribution is 5.93. The van der Waals surface area contributed by atoms with Gasteiger partial charge in [-0.1, -0.05) is 6.92 Å². The van der Waals surface area contributed by atoms with Crippen molar-refractivity contribution in [1.29, 1.82) is 0 Å². The second kappa shape index (κ2) is 7.59. The van der Waals surface area contributed by atoms with Crippen LogP contribution >= 0.6 is 0 Å². The second-order valence-electron chi connectivity index (χ2n) is 5.73. The van der Waals surface area contributed by atoms with Crippen molar-refractivity contribution in [2.45, 2.75) is 58.5 Å². The Kier molecular flexibility index (Phi) is 5.79. The van der Waals surface area contributed by atoms with E-state index >= 15 is 0 Å². The maximum atomic E-state index is 12.9. The third-order valence-electron chi connectivity index (χ3n) is 4.33. The van der Waals surface area contributed by atoms with Crippen molar-refractivity contribution < 1.29 is 4.79 Å². The zero-order chi connectivity index (χ0) is 15.2. The lowest BCUT2D eigenvalue weighted by atomic mass is 9.98. The van der Waals surface area contributed by atoms with Gasteiger partial charge in [-0.25, -0.2) is 0 Å². The molecule has 0 saturated carbocycles. The zero-order valence-electron chi connectivity index (χ0n) is 13.6. The molecule has 1 N–H and O–H groups in total. The molecule has 1 aromatic heterocycles.